The molecule has 4 saturated heterocycles. The topological polar surface area (TPSA) is 166 Å². The Kier molecular flexibility index (Phi) is 16.5. The van der Waals surface area contributed by atoms with Gasteiger partial charge in [0.05, 0.1) is 12.1 Å². The van der Waals surface area contributed by atoms with Crippen LogP contribution in [0.3, 0.4) is 0 Å². The number of carbonyl (C=O) groups excluding carboxylic acids is 5. The van der Waals surface area contributed by atoms with Gasteiger partial charge >= 0.3 is 48.6 Å². The van der Waals surface area contributed by atoms with E-state index in [1.54, 1.807) is 0 Å². The first-order chi connectivity index (χ1) is 35.0. The molecule has 3 aromatic carbocycles. The molecule has 4 aliphatic rings. The number of carbonyl (C=O) groups is 5. The number of cyclic esters (lactones) is 2. The largest absolute Gasteiger partial charge is 0.456 e. The predicted molar refractivity (Wildman–Crippen MR) is 236 cm³/mol. The van der Waals surface area contributed by atoms with Crippen molar-refractivity contribution in [2.75, 3.05) is 34.5 Å². The van der Waals surface area contributed by atoms with Crippen molar-refractivity contribution in [3.8, 4) is 0 Å². The lowest BCUT2D eigenvalue weighted by atomic mass is 9.91. The molecule has 15 nitrogen and oxygen atoms in total. The number of hydrogen-bond acceptors (Lipinski definition) is 13. The number of methoxy groups -OCH3 is 3. The van der Waals surface area contributed by atoms with Crippen LogP contribution < -0.4 is 0 Å². The SMILES string of the molecule is CO[C@](C(=O)O[C@H]1[C@H](OC(=O)[C@@](OC)(c2ccccc2)C(F)(F)F)[C@H]2COC(=O)N2[C@@H]1CCCCCC[C@H](OC(=O)[C@@](OC)(c1ccccc1)C(F)(F)F)[C@H]1OC(=O)N2CCCC[C@H]12)(c1ccccc1)C(F)(F)F. The van der Waals surface area contributed by atoms with Crippen LogP contribution in [0.5, 0.6) is 0 Å². The molecule has 0 bridgehead atoms. The number of esters is 3. The molecule has 404 valence electrons. The Morgan fingerprint density at radius 3 is 1.53 bits per heavy atom. The third-order valence-corrected chi connectivity index (χ3v) is 14.2. The first-order valence-electron chi connectivity index (χ1n) is 23.6. The Morgan fingerprint density at radius 2 is 1.05 bits per heavy atom. The molecule has 0 unspecified atom stereocenters. The number of hydrogen-bond donors (Lipinski definition) is 0. The van der Waals surface area contributed by atoms with Crippen LogP contribution >= 0.6 is 0 Å². The summed E-state index contributed by atoms with van der Waals surface area (Å²) >= 11 is 0. The zero-order chi connectivity index (χ0) is 53.9. The third kappa shape index (κ3) is 9.95. The number of ether oxygens (including phenoxy) is 8. The van der Waals surface area contributed by atoms with Crippen molar-refractivity contribution in [1.29, 1.82) is 0 Å². The molecule has 7 rings (SSSR count). The van der Waals surface area contributed by atoms with Gasteiger partial charge in [-0.05, 0) is 38.5 Å². The average Bonchev–Trinajstić information content (AvgIpc) is 4.00. The number of rotatable bonds is 20. The molecule has 0 spiro atoms. The van der Waals surface area contributed by atoms with Crippen LogP contribution in [0.2, 0.25) is 0 Å². The molecule has 4 aliphatic heterocycles. The number of unbranched alkanes of at least 4 members (excludes halogenated alkanes) is 3. The monoisotopic (exact) mass is 1060 g/mol. The lowest BCUT2D eigenvalue weighted by Gasteiger charge is -2.36. The fraction of sp³-hybridized carbons (Fsp3) is 0.540. The van der Waals surface area contributed by atoms with Crippen molar-refractivity contribution in [3.63, 3.8) is 0 Å². The molecule has 0 aliphatic carbocycles. The van der Waals surface area contributed by atoms with E-state index in [1.807, 2.05) is 0 Å². The maximum absolute atomic E-state index is 15.2. The normalized spacial score (nSPS) is 24.8. The summed E-state index contributed by atoms with van der Waals surface area (Å²) in [5.74, 6) is -6.03. The van der Waals surface area contributed by atoms with E-state index >= 15 is 26.3 Å². The first kappa shape index (κ1) is 55.6. The molecule has 0 saturated carbocycles. The zero-order valence-corrected chi connectivity index (χ0v) is 40.1. The maximum Gasteiger partial charge on any atom is 0.432 e. The van der Waals surface area contributed by atoms with Gasteiger partial charge in [0.2, 0.25) is 0 Å². The van der Waals surface area contributed by atoms with E-state index in [1.165, 1.54) is 59.5 Å². The van der Waals surface area contributed by atoms with Crippen LogP contribution in [-0.2, 0) is 69.1 Å². The highest BCUT2D eigenvalue weighted by molar-refractivity contribution is 5.85. The summed E-state index contributed by atoms with van der Waals surface area (Å²) in [5, 5.41) is 0. The van der Waals surface area contributed by atoms with E-state index in [2.05, 4.69) is 0 Å². The van der Waals surface area contributed by atoms with Gasteiger partial charge in [0.25, 0.3) is 16.8 Å². The van der Waals surface area contributed by atoms with Crippen LogP contribution in [-0.4, -0.2) is 135 Å². The molecular weight excluding hydrogens is 1010 g/mol. The van der Waals surface area contributed by atoms with Crippen LogP contribution in [0.25, 0.3) is 0 Å². The van der Waals surface area contributed by atoms with Gasteiger partial charge in [-0.15, -0.1) is 0 Å². The summed E-state index contributed by atoms with van der Waals surface area (Å²) in [4.78, 5) is 71.0. The Hall–Kier alpha value is -6.14. The van der Waals surface area contributed by atoms with Gasteiger partial charge in [-0.2, -0.15) is 39.5 Å². The van der Waals surface area contributed by atoms with Gasteiger partial charge in [0.1, 0.15) is 18.8 Å². The van der Waals surface area contributed by atoms with Crippen LogP contribution in [0.1, 0.15) is 74.5 Å². The van der Waals surface area contributed by atoms with E-state index in [0.29, 0.717) is 47.1 Å². The summed E-state index contributed by atoms with van der Waals surface area (Å²) < 4.78 is 178. The highest BCUT2D eigenvalue weighted by Crippen LogP contribution is 2.49. The number of benzene rings is 3. The third-order valence-electron chi connectivity index (χ3n) is 14.2. The Balaban J connectivity index is 1.16. The number of halogens is 9. The molecule has 24 heteroatoms. The van der Waals surface area contributed by atoms with Gasteiger partial charge in [0.15, 0.2) is 18.3 Å². The van der Waals surface area contributed by atoms with E-state index in [-0.39, 0.29) is 38.5 Å². The number of amides is 2. The van der Waals surface area contributed by atoms with E-state index in [9.17, 15) is 37.1 Å². The Morgan fingerprint density at radius 1 is 0.595 bits per heavy atom. The van der Waals surface area contributed by atoms with Gasteiger partial charge in [0, 0.05) is 44.6 Å². The summed E-state index contributed by atoms with van der Waals surface area (Å²) in [6.07, 6.45) is -23.3. The molecule has 4 heterocycles. The van der Waals surface area contributed by atoms with Gasteiger partial charge in [-0.3, -0.25) is 4.90 Å². The van der Waals surface area contributed by atoms with Crippen LogP contribution in [0.4, 0.5) is 49.1 Å². The highest BCUT2D eigenvalue weighted by atomic mass is 19.4. The van der Waals surface area contributed by atoms with Crippen molar-refractivity contribution in [2.24, 2.45) is 0 Å². The molecule has 10 atom stereocenters. The molecule has 0 radical (unpaired) electrons. The second kappa shape index (κ2) is 22.0. The molecular formula is C50H53F9N2O13. The molecule has 0 aromatic heterocycles. The van der Waals surface area contributed by atoms with E-state index < -0.39 is 131 Å². The van der Waals surface area contributed by atoms with Crippen molar-refractivity contribution in [3.05, 3.63) is 108 Å². The van der Waals surface area contributed by atoms with Crippen molar-refractivity contribution in [1.82, 2.24) is 9.80 Å². The molecule has 3 aromatic rings. The summed E-state index contributed by atoms with van der Waals surface area (Å²) in [7, 11) is 1.87. The number of piperidine rings is 1. The summed E-state index contributed by atoms with van der Waals surface area (Å²) in [5.41, 5.74) is -13.3. The quantitative estimate of drug-likeness (QED) is 0.0456. The lowest BCUT2D eigenvalue weighted by Crippen LogP contribution is -2.56. The van der Waals surface area contributed by atoms with Crippen LogP contribution in [0.15, 0.2) is 91.0 Å². The first-order valence-corrected chi connectivity index (χ1v) is 23.6. The lowest BCUT2D eigenvalue weighted by molar-refractivity contribution is -0.285. The van der Waals surface area contributed by atoms with Crippen molar-refractivity contribution < 1.29 is 101 Å². The van der Waals surface area contributed by atoms with Gasteiger partial charge < -0.3 is 42.8 Å². The van der Waals surface area contributed by atoms with E-state index in [0.717, 1.165) is 41.3 Å². The molecule has 2 amide bonds. The van der Waals surface area contributed by atoms with Crippen molar-refractivity contribution >= 4 is 30.1 Å². The van der Waals surface area contributed by atoms with Gasteiger partial charge in [-0.25, -0.2) is 24.0 Å². The second-order valence-corrected chi connectivity index (χ2v) is 18.1. The standard InChI is InChI=1S/C50H53F9N2O13/c1-67-45(48(51,52)53,30-19-9-6-10-20-30)40(62)71-36(37-33-25-17-18-28-60(33)43(65)74-37)27-16-5-4-15-26-34-38(72-41(63)46(68-2,49(54,55)56)31-21-11-7-12-22-31)39(35-29-70-44(66)61(34)35)73-42(64)47(69-3,50(57,58)59)32-23-13-8-14-24-32/h6-14,19-24,33-39H,4-5,15-18,25-29H2,1-3H3/t33-,34-,35-,36+,37+,38-,39-,45+,46+,47+/m1/s1. The highest BCUT2D eigenvalue weighted by Gasteiger charge is 2.69. The molecule has 74 heavy (non-hydrogen) atoms. The molecule has 4 fully saturated rings. The summed E-state index contributed by atoms with van der Waals surface area (Å²) in [6, 6.07) is 13.6. The smallest absolute Gasteiger partial charge is 0.432 e. The predicted octanol–water partition coefficient (Wildman–Crippen LogP) is 8.95. The van der Waals surface area contributed by atoms with Gasteiger partial charge in [-0.1, -0.05) is 110 Å². The minimum absolute atomic E-state index is 0.0198. The number of fused-ring (bicyclic) bond motifs is 2. The van der Waals surface area contributed by atoms with Crippen LogP contribution in [0, 0.1) is 0 Å². The zero-order valence-electron chi connectivity index (χ0n) is 40.1. The fourth-order valence-corrected chi connectivity index (χ4v) is 10.5. The average molecular weight is 1060 g/mol. The Bertz CT molecular complexity index is 2450. The van der Waals surface area contributed by atoms with Crippen molar-refractivity contribution in [2.45, 2.75) is 136 Å². The number of alkyl halides is 9. The maximum atomic E-state index is 15.2. The minimum Gasteiger partial charge on any atom is -0.456 e. The van der Waals surface area contributed by atoms with E-state index in [4.69, 9.17) is 37.9 Å². The Labute approximate surface area is 418 Å². The minimum atomic E-state index is -5.54. The molecule has 0 N–H and O–H groups in total. The second-order valence-electron chi connectivity index (χ2n) is 18.1. The summed E-state index contributed by atoms with van der Waals surface area (Å²) in [6.45, 7) is -0.366. The number of nitrogens with zero attached hydrogens (tertiary/aromatic N) is 2. The fourth-order valence-electron chi connectivity index (χ4n) is 10.5.